The lowest BCUT2D eigenvalue weighted by atomic mass is 9.92. The average Bonchev–Trinajstić information content (AvgIpc) is 2.94. The molecule has 0 aliphatic heterocycles. The molecule has 1 rings (SSSR count). The Hall–Kier alpha value is -0.850. The Balaban J connectivity index is 2.60. The van der Waals surface area contributed by atoms with Crippen LogP contribution in [0.4, 0.5) is 0 Å². The van der Waals surface area contributed by atoms with E-state index in [0.29, 0.717) is 25.0 Å². The Labute approximate surface area is 180 Å². The number of hydrogen-bond donors (Lipinski definition) is 3. The quantitative estimate of drug-likeness (QED) is 0.243. The van der Waals surface area contributed by atoms with Gasteiger partial charge < -0.3 is 15.3 Å². The number of allylic oxidation sites excluding steroid dienone is 2. The van der Waals surface area contributed by atoms with Crippen LogP contribution in [0.5, 0.6) is 0 Å². The van der Waals surface area contributed by atoms with Crippen molar-refractivity contribution in [3.8, 4) is 0 Å². The number of aliphatic hydroxyl groups excluding tert-OH is 1. The minimum absolute atomic E-state index is 0.0910. The van der Waals surface area contributed by atoms with Gasteiger partial charge in [0.2, 0.25) is 0 Å². The molecule has 0 heterocycles. The lowest BCUT2D eigenvalue weighted by Gasteiger charge is -2.31. The molecule has 0 saturated heterocycles. The van der Waals surface area contributed by atoms with Crippen molar-refractivity contribution in [2.45, 2.75) is 108 Å². The molecule has 4 atom stereocenters. The number of thioether (sulfide) groups is 1. The molecule has 3 N–H and O–H groups in total. The van der Waals surface area contributed by atoms with Crippen molar-refractivity contribution >= 4 is 23.5 Å². The van der Waals surface area contributed by atoms with Crippen molar-refractivity contribution in [3.63, 3.8) is 0 Å². The molecule has 168 valence electrons. The normalized spacial score (nSPS) is 24.3. The first-order valence-electron chi connectivity index (χ1n) is 11.2. The van der Waals surface area contributed by atoms with Gasteiger partial charge in [-0.3, -0.25) is 9.59 Å². The number of ketones is 1. The molecule has 0 aromatic carbocycles. The van der Waals surface area contributed by atoms with Crippen molar-refractivity contribution in [3.05, 3.63) is 12.2 Å². The van der Waals surface area contributed by atoms with Gasteiger partial charge in [0.25, 0.3) is 0 Å². The summed E-state index contributed by atoms with van der Waals surface area (Å²) in [6.45, 7) is 4.28. The van der Waals surface area contributed by atoms with Crippen LogP contribution in [-0.2, 0) is 9.59 Å². The Kier molecular flexibility index (Phi) is 12.8. The van der Waals surface area contributed by atoms with Gasteiger partial charge in [0.1, 0.15) is 5.78 Å². The SMILES string of the molecule is CCCCCC(O)(CCCC)CS[C@H]1C(O)CC(=O)[C@@H]1CC=CCCCC(=O)O. The summed E-state index contributed by atoms with van der Waals surface area (Å²) in [7, 11) is 0. The number of hydrogen-bond acceptors (Lipinski definition) is 5. The maximum atomic E-state index is 12.4. The highest BCUT2D eigenvalue weighted by Gasteiger charge is 2.42. The second kappa shape index (κ2) is 14.2. The van der Waals surface area contributed by atoms with E-state index in [1.54, 1.807) is 11.8 Å². The van der Waals surface area contributed by atoms with Gasteiger partial charge in [-0.05, 0) is 32.1 Å². The van der Waals surface area contributed by atoms with Crippen molar-refractivity contribution in [1.29, 1.82) is 0 Å². The number of carbonyl (C=O) groups is 2. The van der Waals surface area contributed by atoms with Gasteiger partial charge >= 0.3 is 5.97 Å². The van der Waals surface area contributed by atoms with E-state index in [1.165, 1.54) is 0 Å². The van der Waals surface area contributed by atoms with E-state index in [4.69, 9.17) is 5.11 Å². The van der Waals surface area contributed by atoms with Gasteiger partial charge in [-0.25, -0.2) is 0 Å². The van der Waals surface area contributed by atoms with Crippen molar-refractivity contribution < 1.29 is 24.9 Å². The summed E-state index contributed by atoms with van der Waals surface area (Å²) in [6, 6.07) is 0. The summed E-state index contributed by atoms with van der Waals surface area (Å²) in [4.78, 5) is 22.9. The molecule has 5 nitrogen and oxygen atoms in total. The third-order valence-corrected chi connectivity index (χ3v) is 7.44. The minimum Gasteiger partial charge on any atom is -0.481 e. The zero-order valence-electron chi connectivity index (χ0n) is 18.1. The summed E-state index contributed by atoms with van der Waals surface area (Å²) in [5, 5.41) is 30.0. The van der Waals surface area contributed by atoms with Crippen molar-refractivity contribution in [2.75, 3.05) is 5.75 Å². The molecule has 0 spiro atoms. The number of carbonyl (C=O) groups excluding carboxylic acids is 1. The van der Waals surface area contributed by atoms with Crippen LogP contribution in [0.1, 0.15) is 90.9 Å². The van der Waals surface area contributed by atoms with E-state index in [-0.39, 0.29) is 29.8 Å². The summed E-state index contributed by atoms with van der Waals surface area (Å²) in [5.41, 5.74) is -0.724. The van der Waals surface area contributed by atoms with Crippen LogP contribution >= 0.6 is 11.8 Å². The fraction of sp³-hybridized carbons (Fsp3) is 0.826. The molecule has 0 bridgehead atoms. The van der Waals surface area contributed by atoms with E-state index in [9.17, 15) is 19.8 Å². The van der Waals surface area contributed by atoms with Crippen LogP contribution in [0.3, 0.4) is 0 Å². The van der Waals surface area contributed by atoms with Gasteiger partial charge in [-0.15, -0.1) is 0 Å². The maximum absolute atomic E-state index is 12.4. The van der Waals surface area contributed by atoms with Gasteiger partial charge in [0, 0.05) is 29.8 Å². The van der Waals surface area contributed by atoms with Gasteiger partial charge in [-0.2, -0.15) is 11.8 Å². The maximum Gasteiger partial charge on any atom is 0.303 e. The topological polar surface area (TPSA) is 94.8 Å². The first-order chi connectivity index (χ1) is 13.8. The van der Waals surface area contributed by atoms with E-state index in [1.807, 2.05) is 12.2 Å². The minimum atomic E-state index is -0.793. The zero-order valence-corrected chi connectivity index (χ0v) is 19.0. The van der Waals surface area contributed by atoms with Crippen LogP contribution in [0, 0.1) is 5.92 Å². The van der Waals surface area contributed by atoms with E-state index in [2.05, 4.69) is 13.8 Å². The van der Waals surface area contributed by atoms with Crippen LogP contribution in [0.25, 0.3) is 0 Å². The molecule has 6 heteroatoms. The number of aliphatic carboxylic acids is 1. The molecule has 0 radical (unpaired) electrons. The highest BCUT2D eigenvalue weighted by atomic mass is 32.2. The lowest BCUT2D eigenvalue weighted by Crippen LogP contribution is -2.34. The average molecular weight is 429 g/mol. The predicted octanol–water partition coefficient (Wildman–Crippen LogP) is 4.74. The standard InChI is InChI=1S/C23H40O5S/c1-3-5-11-15-23(28,14-6-4-2)17-29-22-18(19(24)16-20(22)25)12-9-7-8-10-13-21(26)27/h7,9,18,20,22,25,28H,3-6,8,10-17H2,1-2H3,(H,26,27)/t18-,20?,22+,23?/m0/s1. The molecule has 0 aromatic heterocycles. The monoisotopic (exact) mass is 428 g/mol. The number of rotatable bonds is 16. The molecule has 1 fully saturated rings. The van der Waals surface area contributed by atoms with Crippen molar-refractivity contribution in [2.24, 2.45) is 5.92 Å². The molecular weight excluding hydrogens is 388 g/mol. The highest BCUT2D eigenvalue weighted by Crippen LogP contribution is 2.38. The third-order valence-electron chi connectivity index (χ3n) is 5.70. The molecule has 1 saturated carbocycles. The number of carboxylic acids is 1. The molecule has 2 unspecified atom stereocenters. The second-order valence-electron chi connectivity index (χ2n) is 8.40. The Bertz CT molecular complexity index is 521. The van der Waals surface area contributed by atoms with E-state index in [0.717, 1.165) is 44.9 Å². The summed E-state index contributed by atoms with van der Waals surface area (Å²) >= 11 is 1.56. The fourth-order valence-electron chi connectivity index (χ4n) is 3.88. The summed E-state index contributed by atoms with van der Waals surface area (Å²) in [5.74, 6) is -0.367. The zero-order chi connectivity index (χ0) is 21.7. The van der Waals surface area contributed by atoms with Crippen LogP contribution in [0.2, 0.25) is 0 Å². The van der Waals surface area contributed by atoms with Crippen molar-refractivity contribution in [1.82, 2.24) is 0 Å². The molecule has 1 aliphatic rings. The summed E-state index contributed by atoms with van der Waals surface area (Å²) < 4.78 is 0. The summed E-state index contributed by atoms with van der Waals surface area (Å²) in [6.07, 6.45) is 12.2. The van der Waals surface area contributed by atoms with Crippen LogP contribution in [-0.4, -0.2) is 49.8 Å². The largest absolute Gasteiger partial charge is 0.481 e. The molecule has 0 amide bonds. The highest BCUT2D eigenvalue weighted by molar-refractivity contribution is 8.00. The lowest BCUT2D eigenvalue weighted by molar-refractivity contribution is -0.137. The van der Waals surface area contributed by atoms with Crippen LogP contribution < -0.4 is 0 Å². The first-order valence-corrected chi connectivity index (χ1v) is 12.3. The molecular formula is C23H40O5S. The molecule has 29 heavy (non-hydrogen) atoms. The first kappa shape index (κ1) is 26.2. The van der Waals surface area contributed by atoms with Gasteiger partial charge in [0.05, 0.1) is 11.7 Å². The predicted molar refractivity (Wildman–Crippen MR) is 119 cm³/mol. The Morgan fingerprint density at radius 1 is 1.14 bits per heavy atom. The number of carboxylic acid groups (broad SMARTS) is 1. The third kappa shape index (κ3) is 10.1. The Morgan fingerprint density at radius 2 is 1.83 bits per heavy atom. The van der Waals surface area contributed by atoms with E-state index < -0.39 is 17.7 Å². The molecule has 1 aliphatic carbocycles. The van der Waals surface area contributed by atoms with Crippen LogP contribution in [0.15, 0.2) is 12.2 Å². The molecule has 0 aromatic rings. The van der Waals surface area contributed by atoms with E-state index >= 15 is 0 Å². The smallest absolute Gasteiger partial charge is 0.303 e. The van der Waals surface area contributed by atoms with Gasteiger partial charge in [-0.1, -0.05) is 58.1 Å². The second-order valence-corrected chi connectivity index (χ2v) is 9.56. The number of Topliss-reactive ketones (excluding diaryl/α,β-unsaturated/α-hetero) is 1. The number of aliphatic hydroxyl groups is 2. The van der Waals surface area contributed by atoms with Gasteiger partial charge in [0.15, 0.2) is 0 Å². The number of unbranched alkanes of at least 4 members (excludes halogenated alkanes) is 4. The Morgan fingerprint density at radius 3 is 2.48 bits per heavy atom. The fourth-order valence-corrected chi connectivity index (χ4v) is 5.49.